The van der Waals surface area contributed by atoms with Crippen LogP contribution in [0, 0.1) is 0 Å². The summed E-state index contributed by atoms with van der Waals surface area (Å²) in [5, 5.41) is 0. The molecule has 0 N–H and O–H groups in total. The predicted molar refractivity (Wildman–Crippen MR) is 43.4 cm³/mol. The standard InChI is InChI=1S/ClH.I2OS/c;1-4(2)3/h1H;. The lowest BCUT2D eigenvalue weighted by molar-refractivity contribution is 0.626. The van der Waals surface area contributed by atoms with E-state index < -0.39 is 5.52 Å². The van der Waals surface area contributed by atoms with Crippen LogP contribution in [-0.4, -0.2) is 4.55 Å². The van der Waals surface area contributed by atoms with Crippen LogP contribution in [0.4, 0.5) is 0 Å². The number of halogens is 3. The molecule has 0 bridgehead atoms. The molecule has 0 aromatic carbocycles. The zero-order chi connectivity index (χ0) is 3.58. The lowest BCUT2D eigenvalue weighted by atomic mass is 15.9. The molecule has 0 rings (SSSR count). The topological polar surface area (TPSA) is 23.1 Å². The summed E-state index contributed by atoms with van der Waals surface area (Å²) < 4.78 is 9.53. The maximum Gasteiger partial charge on any atom is 0.259 e. The quantitative estimate of drug-likeness (QED) is 0.488. The first-order chi connectivity index (χ1) is 1.73. The molecule has 0 saturated heterocycles. The molecule has 0 aliphatic rings. The molecular weight excluding hydrogens is 337 g/mol. The normalized spacial score (nSPS) is 7.20. The predicted octanol–water partition coefficient (Wildman–Crippen LogP) is 1.86. The Morgan fingerprint density at radius 2 is 1.40 bits per heavy atom. The third-order valence-corrected chi connectivity index (χ3v) is 0. The molecule has 0 aliphatic carbocycles. The van der Waals surface area contributed by atoms with Crippen molar-refractivity contribution in [2.45, 2.75) is 0 Å². The monoisotopic (exact) mass is 338 g/mol. The summed E-state index contributed by atoms with van der Waals surface area (Å²) in [6.07, 6.45) is 0. The van der Waals surface area contributed by atoms with Crippen molar-refractivity contribution < 1.29 is 4.55 Å². The largest absolute Gasteiger partial charge is 0.601 e. The Morgan fingerprint density at radius 3 is 1.40 bits per heavy atom. The van der Waals surface area contributed by atoms with Crippen LogP contribution in [0.3, 0.4) is 0 Å². The fraction of sp³-hybridized carbons (Fsp3) is 0. The first kappa shape index (κ1) is 10.1. The van der Waals surface area contributed by atoms with E-state index >= 15 is 0 Å². The molecule has 5 heavy (non-hydrogen) atoms. The summed E-state index contributed by atoms with van der Waals surface area (Å²) in [7, 11) is 0. The molecule has 0 unspecified atom stereocenters. The minimum Gasteiger partial charge on any atom is -0.601 e. The maximum absolute atomic E-state index is 9.53. The molecule has 0 fully saturated rings. The van der Waals surface area contributed by atoms with E-state index in [2.05, 4.69) is 0 Å². The van der Waals surface area contributed by atoms with Gasteiger partial charge in [0.05, 0.1) is 5.52 Å². The molecule has 1 nitrogen and oxygen atoms in total. The summed E-state index contributed by atoms with van der Waals surface area (Å²) in [5.74, 6) is 0. The van der Waals surface area contributed by atoms with E-state index in [-0.39, 0.29) is 12.4 Å². The van der Waals surface area contributed by atoms with Gasteiger partial charge in [-0.2, -0.15) is 0 Å². The molecule has 0 amide bonds. The molecule has 0 saturated carbocycles. The van der Waals surface area contributed by atoms with Crippen LogP contribution in [0.15, 0.2) is 0 Å². The Kier molecular flexibility index (Phi) is 12.3. The second kappa shape index (κ2) is 6.06. The van der Waals surface area contributed by atoms with E-state index in [0.29, 0.717) is 0 Å². The van der Waals surface area contributed by atoms with Crippen molar-refractivity contribution >= 4 is 60.3 Å². The zero-order valence-electron chi connectivity index (χ0n) is 1.98. The molecule has 0 atom stereocenters. The first-order valence-electron chi connectivity index (χ1n) is 0.475. The third kappa shape index (κ3) is 23.5. The van der Waals surface area contributed by atoms with Crippen LogP contribution in [0.25, 0.3) is 0 Å². The summed E-state index contributed by atoms with van der Waals surface area (Å²) >= 11 is 3.60. The van der Waals surface area contributed by atoms with Crippen molar-refractivity contribution in [3.8, 4) is 0 Å². The van der Waals surface area contributed by atoms with Gasteiger partial charge in [0.1, 0.15) is 0 Å². The molecule has 0 spiro atoms. The molecule has 34 valence electrons. The van der Waals surface area contributed by atoms with Crippen molar-refractivity contribution in [2.24, 2.45) is 0 Å². The van der Waals surface area contributed by atoms with Gasteiger partial charge in [-0.15, -0.1) is 12.4 Å². The molecular formula is HClI2OS. The lowest BCUT2D eigenvalue weighted by Crippen LogP contribution is -1.60. The van der Waals surface area contributed by atoms with Crippen LogP contribution < -0.4 is 0 Å². The van der Waals surface area contributed by atoms with Crippen LogP contribution in [0.2, 0.25) is 0 Å². The first-order valence-corrected chi connectivity index (χ1v) is 6.71. The highest BCUT2D eigenvalue weighted by atomic mass is 127. The van der Waals surface area contributed by atoms with Gasteiger partial charge in [0, 0.05) is 0 Å². The van der Waals surface area contributed by atoms with Crippen LogP contribution in [0.1, 0.15) is 0 Å². The third-order valence-electron chi connectivity index (χ3n) is 0. The molecule has 5 heteroatoms. The van der Waals surface area contributed by atoms with E-state index in [0.717, 1.165) is 0 Å². The minimum atomic E-state index is -0.671. The molecule has 0 radical (unpaired) electrons. The average Bonchev–Trinajstić information content (AvgIpc) is 0.811. The highest BCUT2D eigenvalue weighted by Crippen LogP contribution is 2.08. The summed E-state index contributed by atoms with van der Waals surface area (Å²) in [4.78, 5) is 0. The Morgan fingerprint density at radius 1 is 1.40 bits per heavy atom. The number of hydrogen-bond acceptors (Lipinski definition) is 1. The number of hydrogen-bond donors (Lipinski definition) is 0. The SMILES string of the molecule is Cl.[O-][S+](I)I. The van der Waals surface area contributed by atoms with Crippen molar-refractivity contribution in [3.63, 3.8) is 0 Å². The maximum atomic E-state index is 9.53. The van der Waals surface area contributed by atoms with E-state index in [1.807, 2.05) is 0 Å². The summed E-state index contributed by atoms with van der Waals surface area (Å²) in [6.45, 7) is 0. The van der Waals surface area contributed by atoms with Crippen molar-refractivity contribution in [1.82, 2.24) is 0 Å². The zero-order valence-corrected chi connectivity index (χ0v) is 7.93. The van der Waals surface area contributed by atoms with Crippen LogP contribution in [0.5, 0.6) is 0 Å². The summed E-state index contributed by atoms with van der Waals surface area (Å²) in [5.41, 5.74) is -0.671. The van der Waals surface area contributed by atoms with Crippen molar-refractivity contribution in [1.29, 1.82) is 0 Å². The van der Waals surface area contributed by atoms with Gasteiger partial charge < -0.3 is 4.55 Å². The Hall–Kier alpha value is 2.06. The van der Waals surface area contributed by atoms with Crippen LogP contribution >= 0.6 is 54.8 Å². The molecule has 0 aromatic heterocycles. The van der Waals surface area contributed by atoms with E-state index in [1.54, 1.807) is 42.4 Å². The molecule has 0 aliphatic heterocycles. The van der Waals surface area contributed by atoms with Gasteiger partial charge in [0.15, 0.2) is 0 Å². The Balaban J connectivity index is 0. The summed E-state index contributed by atoms with van der Waals surface area (Å²) in [6, 6.07) is 0. The second-order valence-electron chi connectivity index (χ2n) is 0.184. The minimum absolute atomic E-state index is 0. The molecule has 0 heterocycles. The number of rotatable bonds is 0. The van der Waals surface area contributed by atoms with Gasteiger partial charge >= 0.3 is 0 Å². The molecule has 0 aromatic rings. The second-order valence-corrected chi connectivity index (χ2v) is 10.4. The van der Waals surface area contributed by atoms with Gasteiger partial charge in [-0.05, 0) is 0 Å². The van der Waals surface area contributed by atoms with E-state index in [4.69, 9.17) is 0 Å². The van der Waals surface area contributed by atoms with Crippen LogP contribution in [-0.2, 0) is 5.52 Å². The van der Waals surface area contributed by atoms with E-state index in [1.165, 1.54) is 0 Å². The fourth-order valence-electron chi connectivity index (χ4n) is 0. The lowest BCUT2D eigenvalue weighted by Gasteiger charge is -1.76. The average molecular weight is 338 g/mol. The van der Waals surface area contributed by atoms with Crippen molar-refractivity contribution in [2.75, 3.05) is 0 Å². The van der Waals surface area contributed by atoms with Gasteiger partial charge in [0.25, 0.3) is 42.4 Å². The Bertz CT molecular complexity index is 14.4. The van der Waals surface area contributed by atoms with Gasteiger partial charge in [-0.25, -0.2) is 0 Å². The van der Waals surface area contributed by atoms with Crippen molar-refractivity contribution in [3.05, 3.63) is 0 Å². The highest BCUT2D eigenvalue weighted by molar-refractivity contribution is 14.3. The smallest absolute Gasteiger partial charge is 0.259 e. The van der Waals surface area contributed by atoms with E-state index in [9.17, 15) is 4.55 Å². The van der Waals surface area contributed by atoms with Gasteiger partial charge in [-0.1, -0.05) is 0 Å². The van der Waals surface area contributed by atoms with Gasteiger partial charge in [0.2, 0.25) is 0 Å². The Labute approximate surface area is 64.0 Å². The fourth-order valence-corrected chi connectivity index (χ4v) is 0. The highest BCUT2D eigenvalue weighted by Gasteiger charge is 1.80. The van der Waals surface area contributed by atoms with Gasteiger partial charge in [-0.3, -0.25) is 0 Å².